The van der Waals surface area contributed by atoms with Crippen molar-refractivity contribution >= 4 is 74.5 Å². The van der Waals surface area contributed by atoms with Crippen LogP contribution in [-0.4, -0.2) is 74.1 Å². The highest BCUT2D eigenvalue weighted by molar-refractivity contribution is 8.93. The van der Waals surface area contributed by atoms with Crippen LogP contribution in [-0.2, 0) is 32.3 Å². The van der Waals surface area contributed by atoms with Gasteiger partial charge in [-0.05, 0) is 0 Å². The van der Waals surface area contributed by atoms with E-state index in [1.807, 2.05) is 0 Å². The topological polar surface area (TPSA) is 205 Å². The summed E-state index contributed by atoms with van der Waals surface area (Å²) in [5.41, 5.74) is 11.8. The number of carbonyl (C=O) groups is 3. The molecule has 14 nitrogen and oxygen atoms in total. The van der Waals surface area contributed by atoms with Gasteiger partial charge in [0, 0.05) is 16.7 Å². The summed E-state index contributed by atoms with van der Waals surface area (Å²) in [6.45, 7) is 0.183. The molecule has 0 unspecified atom stereocenters. The Labute approximate surface area is 223 Å². The minimum atomic E-state index is -1.50. The van der Waals surface area contributed by atoms with E-state index in [-0.39, 0.29) is 64.7 Å². The fraction of sp³-hybridized carbons (Fsp3) is 0.368. The van der Waals surface area contributed by atoms with Crippen molar-refractivity contribution < 1.29 is 34.1 Å². The molecule has 0 bridgehead atoms. The van der Waals surface area contributed by atoms with Crippen molar-refractivity contribution in [3.63, 3.8) is 0 Å². The summed E-state index contributed by atoms with van der Waals surface area (Å²) >= 11 is 2.41. The molecule has 0 aliphatic carbocycles. The second-order valence-corrected chi connectivity index (χ2v) is 9.47. The number of thiazole rings is 1. The number of rotatable bonds is 9. The number of aliphatic carboxylic acids is 1. The van der Waals surface area contributed by atoms with Gasteiger partial charge in [0.05, 0.1) is 24.3 Å². The fourth-order valence-corrected chi connectivity index (χ4v) is 5.74. The lowest BCUT2D eigenvalue weighted by Crippen LogP contribution is -2.71. The molecule has 194 valence electrons. The van der Waals surface area contributed by atoms with E-state index in [1.165, 1.54) is 24.3 Å². The van der Waals surface area contributed by atoms with E-state index >= 15 is 0 Å². The normalized spacial score (nSPS) is 19.3. The third-order valence-electron chi connectivity index (χ3n) is 5.38. The van der Waals surface area contributed by atoms with Crippen LogP contribution in [0.1, 0.15) is 5.69 Å². The largest absolute Gasteiger partial charge is 0.543 e. The summed E-state index contributed by atoms with van der Waals surface area (Å²) in [7, 11) is 1.26. The Morgan fingerprint density at radius 2 is 2.19 bits per heavy atom. The molecular formula is C19H23BrN8O6S2. The summed E-state index contributed by atoms with van der Waals surface area (Å²) in [5.74, 6) is -2.15. The van der Waals surface area contributed by atoms with Gasteiger partial charge in [-0.3, -0.25) is 14.5 Å². The Morgan fingerprint density at radius 3 is 2.81 bits per heavy atom. The van der Waals surface area contributed by atoms with Gasteiger partial charge in [0.2, 0.25) is 0 Å². The minimum absolute atomic E-state index is 0. The van der Waals surface area contributed by atoms with Crippen LogP contribution >= 0.6 is 40.1 Å². The average molecular weight is 603 g/mol. The maximum absolute atomic E-state index is 12.9. The lowest BCUT2D eigenvalue weighted by Gasteiger charge is -2.50. The Morgan fingerprint density at radius 1 is 1.44 bits per heavy atom. The van der Waals surface area contributed by atoms with Crippen molar-refractivity contribution in [3.05, 3.63) is 34.6 Å². The predicted octanol–water partition coefficient (Wildman–Crippen LogP) is -2.58. The number of fused-ring (bicyclic) bond motifs is 1. The molecule has 6 N–H and O–H groups in total. The molecule has 0 aromatic carbocycles. The van der Waals surface area contributed by atoms with Crippen molar-refractivity contribution in [3.8, 4) is 0 Å². The highest BCUT2D eigenvalue weighted by Gasteiger charge is 2.53. The average Bonchev–Trinajstić information content (AvgIpc) is 3.41. The lowest BCUT2D eigenvalue weighted by molar-refractivity contribution is -0.767. The van der Waals surface area contributed by atoms with Gasteiger partial charge in [-0.15, -0.1) is 49.4 Å². The van der Waals surface area contributed by atoms with Crippen molar-refractivity contribution in [1.29, 1.82) is 0 Å². The summed E-state index contributed by atoms with van der Waals surface area (Å²) in [6.07, 6.45) is 1.66. The maximum Gasteiger partial charge on any atom is 0.276 e. The van der Waals surface area contributed by atoms with E-state index in [4.69, 9.17) is 16.3 Å². The second kappa shape index (κ2) is 11.3. The molecule has 17 heteroatoms. The molecule has 1 saturated heterocycles. The Hall–Kier alpha value is -3.15. The van der Waals surface area contributed by atoms with E-state index in [1.54, 1.807) is 21.6 Å². The zero-order valence-corrected chi connectivity index (χ0v) is 22.2. The van der Waals surface area contributed by atoms with Crippen LogP contribution in [0.25, 0.3) is 0 Å². The highest BCUT2D eigenvalue weighted by atomic mass is 79.9. The quantitative estimate of drug-likeness (QED) is 0.102. The third-order valence-corrected chi connectivity index (χ3v) is 7.39. The summed E-state index contributed by atoms with van der Waals surface area (Å²) in [6, 6.07) is 0.645. The van der Waals surface area contributed by atoms with Gasteiger partial charge < -0.3 is 36.6 Å². The molecule has 0 radical (unpaired) electrons. The molecule has 1 fully saturated rings. The number of nitrogen functional groups attached to an aromatic ring is 2. The minimum Gasteiger partial charge on any atom is -0.543 e. The first-order chi connectivity index (χ1) is 16.8. The second-order valence-electron chi connectivity index (χ2n) is 7.48. The van der Waals surface area contributed by atoms with E-state index in [0.29, 0.717) is 11.4 Å². The molecule has 2 aromatic heterocycles. The van der Waals surface area contributed by atoms with Crippen LogP contribution in [0.2, 0.25) is 0 Å². The van der Waals surface area contributed by atoms with Gasteiger partial charge >= 0.3 is 0 Å². The molecule has 4 heterocycles. The number of nitrogens with one attached hydrogen (secondary N) is 1. The number of carboxylic acid groups (broad SMARTS) is 1. The first-order valence-corrected chi connectivity index (χ1v) is 12.2. The Bertz CT molecular complexity index is 1240. The number of halogens is 1. The number of carbonyl (C=O) groups excluding carboxylic acids is 3. The van der Waals surface area contributed by atoms with Crippen LogP contribution in [0.4, 0.5) is 10.9 Å². The van der Waals surface area contributed by atoms with Gasteiger partial charge in [0.25, 0.3) is 11.8 Å². The SMILES string of the molecule is Br.CO/N=C(/C(=O)N[C@@H]1C(=O)N2C(C(=O)[O-])=C(C[n+]3ccc(N)n3CCO)CS[C@H]12)c1csc(N)n1. The molecule has 2 aromatic rings. The molecule has 2 atom stereocenters. The molecule has 36 heavy (non-hydrogen) atoms. The summed E-state index contributed by atoms with van der Waals surface area (Å²) in [4.78, 5) is 47.6. The molecule has 4 rings (SSSR count). The van der Waals surface area contributed by atoms with Crippen molar-refractivity contribution in [1.82, 2.24) is 19.9 Å². The fourth-order valence-electron chi connectivity index (χ4n) is 3.86. The van der Waals surface area contributed by atoms with Crippen LogP contribution in [0.3, 0.4) is 0 Å². The number of hydrogen-bond acceptors (Lipinski definition) is 12. The van der Waals surface area contributed by atoms with Gasteiger partial charge in [0.1, 0.15) is 30.8 Å². The van der Waals surface area contributed by atoms with E-state index in [2.05, 4.69) is 15.5 Å². The maximum atomic E-state index is 12.9. The zero-order chi connectivity index (χ0) is 25.3. The lowest BCUT2D eigenvalue weighted by atomic mass is 10.0. The number of β-lactam (4-membered cyclic amide) rings is 1. The number of thioether (sulfide) groups is 1. The number of carboxylic acids is 1. The Kier molecular flexibility index (Phi) is 8.59. The molecular weight excluding hydrogens is 580 g/mol. The summed E-state index contributed by atoms with van der Waals surface area (Å²) in [5, 5.41) is 28.7. The number of oxime groups is 1. The monoisotopic (exact) mass is 602 g/mol. The molecule has 0 spiro atoms. The number of amides is 2. The number of aliphatic hydroxyl groups excluding tert-OH is 1. The van der Waals surface area contributed by atoms with Crippen LogP contribution in [0, 0.1) is 0 Å². The van der Waals surface area contributed by atoms with E-state index in [0.717, 1.165) is 16.2 Å². The van der Waals surface area contributed by atoms with Gasteiger partial charge in [-0.25, -0.2) is 4.98 Å². The first kappa shape index (κ1) is 27.4. The smallest absolute Gasteiger partial charge is 0.276 e. The number of anilines is 2. The van der Waals surface area contributed by atoms with Gasteiger partial charge in [-0.2, -0.15) is 0 Å². The number of nitrogens with zero attached hydrogens (tertiary/aromatic N) is 5. The third kappa shape index (κ3) is 5.04. The predicted molar refractivity (Wildman–Crippen MR) is 134 cm³/mol. The van der Waals surface area contributed by atoms with Crippen molar-refractivity contribution in [2.24, 2.45) is 5.16 Å². The number of nitrogens with two attached hydrogens (primary N) is 2. The van der Waals surface area contributed by atoms with Gasteiger partial charge in [-0.1, -0.05) is 5.16 Å². The molecule has 0 saturated carbocycles. The molecule has 2 amide bonds. The standard InChI is InChI=1S/C19H22N8O6S2.BrH/c1-33-24-12(10-8-35-19(21)22-10)15(29)23-13-16(30)27-14(18(31)32)9(7-34-17(13)27)6-25-3-2-11(20)26(25)4-5-28;/h2-3,8,13,17,20,28H,4-7H2,1H3,(H4,21,22,23,29,31,32);1H/b24-12+;/t13-,17-;/m1./s1. The zero-order valence-electron chi connectivity index (χ0n) is 18.8. The molecule has 2 aliphatic rings. The van der Waals surface area contributed by atoms with E-state index in [9.17, 15) is 24.6 Å². The Balaban J connectivity index is 0.00000361. The van der Waals surface area contributed by atoms with Crippen LogP contribution < -0.4 is 26.6 Å². The van der Waals surface area contributed by atoms with Crippen molar-refractivity contribution in [2.75, 3.05) is 30.9 Å². The first-order valence-electron chi connectivity index (χ1n) is 10.2. The number of aromatic nitrogens is 3. The molecule has 2 aliphatic heterocycles. The van der Waals surface area contributed by atoms with Crippen molar-refractivity contribution in [2.45, 2.75) is 24.5 Å². The summed E-state index contributed by atoms with van der Waals surface area (Å²) < 4.78 is 3.25. The van der Waals surface area contributed by atoms with Crippen LogP contribution in [0.5, 0.6) is 0 Å². The van der Waals surface area contributed by atoms with Crippen LogP contribution in [0.15, 0.2) is 34.1 Å². The number of aliphatic hydroxyl groups is 1. The van der Waals surface area contributed by atoms with E-state index < -0.39 is 29.2 Å². The highest BCUT2D eigenvalue weighted by Crippen LogP contribution is 2.40. The number of hydrogen-bond donors (Lipinski definition) is 4. The van der Waals surface area contributed by atoms with Gasteiger partial charge in [0.15, 0.2) is 29.4 Å².